The second-order valence-electron chi connectivity index (χ2n) is 2.72. The van der Waals surface area contributed by atoms with Gasteiger partial charge in [-0.1, -0.05) is 41.4 Å². The van der Waals surface area contributed by atoms with E-state index in [0.717, 1.165) is 11.1 Å². The molecule has 0 aliphatic rings. The highest BCUT2D eigenvalue weighted by atomic mass is 35.5. The molecule has 0 aliphatic heterocycles. The standard InChI is InChI=1S/C10H11Cl2N/c1-7(5-6-13)8-3-2-4-9(11)10(8)12/h2-5H,6,13H2,1H3/b7-5-. The van der Waals surface area contributed by atoms with E-state index in [1.807, 2.05) is 25.1 Å². The number of rotatable bonds is 2. The van der Waals surface area contributed by atoms with Crippen LogP contribution in [0, 0.1) is 0 Å². The van der Waals surface area contributed by atoms with Crippen molar-refractivity contribution in [1.29, 1.82) is 0 Å². The Morgan fingerprint density at radius 2 is 2.15 bits per heavy atom. The van der Waals surface area contributed by atoms with Crippen LogP contribution in [-0.4, -0.2) is 6.54 Å². The van der Waals surface area contributed by atoms with Gasteiger partial charge in [-0.25, -0.2) is 0 Å². The number of hydrogen-bond acceptors (Lipinski definition) is 1. The van der Waals surface area contributed by atoms with Gasteiger partial charge in [0.25, 0.3) is 0 Å². The van der Waals surface area contributed by atoms with Crippen molar-refractivity contribution in [1.82, 2.24) is 0 Å². The summed E-state index contributed by atoms with van der Waals surface area (Å²) in [5.74, 6) is 0. The van der Waals surface area contributed by atoms with Crippen molar-refractivity contribution in [2.75, 3.05) is 6.54 Å². The number of hydrogen-bond donors (Lipinski definition) is 1. The zero-order valence-corrected chi connectivity index (χ0v) is 8.86. The molecular weight excluding hydrogens is 205 g/mol. The zero-order valence-electron chi connectivity index (χ0n) is 7.35. The van der Waals surface area contributed by atoms with E-state index < -0.39 is 0 Å². The SMILES string of the molecule is C/C(=C/CN)c1cccc(Cl)c1Cl. The largest absolute Gasteiger partial charge is 0.327 e. The minimum Gasteiger partial charge on any atom is -0.327 e. The Labute approximate surface area is 88.1 Å². The number of benzene rings is 1. The van der Waals surface area contributed by atoms with Crippen molar-refractivity contribution < 1.29 is 0 Å². The molecule has 1 aromatic rings. The molecule has 0 atom stereocenters. The van der Waals surface area contributed by atoms with Crippen LogP contribution < -0.4 is 5.73 Å². The lowest BCUT2D eigenvalue weighted by molar-refractivity contribution is 1.25. The summed E-state index contributed by atoms with van der Waals surface area (Å²) in [5.41, 5.74) is 7.40. The monoisotopic (exact) mass is 215 g/mol. The summed E-state index contributed by atoms with van der Waals surface area (Å²) in [6.07, 6.45) is 1.91. The van der Waals surface area contributed by atoms with Crippen LogP contribution in [0.25, 0.3) is 5.57 Å². The maximum atomic E-state index is 6.01. The van der Waals surface area contributed by atoms with E-state index in [0.29, 0.717) is 16.6 Å². The highest BCUT2D eigenvalue weighted by Gasteiger charge is 2.04. The van der Waals surface area contributed by atoms with Gasteiger partial charge >= 0.3 is 0 Å². The van der Waals surface area contributed by atoms with Gasteiger partial charge in [-0.3, -0.25) is 0 Å². The van der Waals surface area contributed by atoms with Gasteiger partial charge in [0.2, 0.25) is 0 Å². The van der Waals surface area contributed by atoms with Gasteiger partial charge in [-0.15, -0.1) is 0 Å². The fraction of sp³-hybridized carbons (Fsp3) is 0.200. The summed E-state index contributed by atoms with van der Waals surface area (Å²) in [6.45, 7) is 2.47. The molecular formula is C10H11Cl2N. The average molecular weight is 216 g/mol. The topological polar surface area (TPSA) is 26.0 Å². The molecule has 1 rings (SSSR count). The molecule has 0 aromatic heterocycles. The van der Waals surface area contributed by atoms with Gasteiger partial charge in [-0.2, -0.15) is 0 Å². The summed E-state index contributed by atoms with van der Waals surface area (Å²) in [4.78, 5) is 0. The Morgan fingerprint density at radius 1 is 1.46 bits per heavy atom. The molecule has 0 aliphatic carbocycles. The molecule has 2 N–H and O–H groups in total. The Bertz CT molecular complexity index is 332. The van der Waals surface area contributed by atoms with E-state index in [1.165, 1.54) is 0 Å². The minimum absolute atomic E-state index is 0.509. The van der Waals surface area contributed by atoms with Crippen molar-refractivity contribution in [3.8, 4) is 0 Å². The van der Waals surface area contributed by atoms with Gasteiger partial charge in [-0.05, 0) is 24.1 Å². The molecule has 0 saturated heterocycles. The Morgan fingerprint density at radius 3 is 2.77 bits per heavy atom. The zero-order chi connectivity index (χ0) is 9.84. The van der Waals surface area contributed by atoms with E-state index in [2.05, 4.69) is 0 Å². The quantitative estimate of drug-likeness (QED) is 0.805. The molecule has 3 heteroatoms. The highest BCUT2D eigenvalue weighted by molar-refractivity contribution is 6.43. The Balaban J connectivity index is 3.15. The normalized spacial score (nSPS) is 11.8. The summed E-state index contributed by atoms with van der Waals surface area (Å²) in [7, 11) is 0. The van der Waals surface area contributed by atoms with E-state index >= 15 is 0 Å². The van der Waals surface area contributed by atoms with Crippen LogP contribution in [0.1, 0.15) is 12.5 Å². The molecule has 1 nitrogen and oxygen atoms in total. The van der Waals surface area contributed by atoms with E-state index in [-0.39, 0.29) is 0 Å². The number of allylic oxidation sites excluding steroid dienone is 1. The van der Waals surface area contributed by atoms with Gasteiger partial charge in [0.15, 0.2) is 0 Å². The van der Waals surface area contributed by atoms with E-state index in [4.69, 9.17) is 28.9 Å². The second kappa shape index (κ2) is 4.66. The smallest absolute Gasteiger partial charge is 0.0667 e. The maximum absolute atomic E-state index is 6.01. The van der Waals surface area contributed by atoms with Crippen LogP contribution in [0.15, 0.2) is 24.3 Å². The summed E-state index contributed by atoms with van der Waals surface area (Å²) in [5, 5.41) is 1.16. The predicted molar refractivity (Wildman–Crippen MR) is 59.2 cm³/mol. The fourth-order valence-corrected chi connectivity index (χ4v) is 1.54. The van der Waals surface area contributed by atoms with Crippen LogP contribution in [-0.2, 0) is 0 Å². The molecule has 1 aromatic carbocycles. The van der Waals surface area contributed by atoms with Gasteiger partial charge in [0.1, 0.15) is 0 Å². The molecule has 0 spiro atoms. The summed E-state index contributed by atoms with van der Waals surface area (Å²) >= 11 is 11.9. The average Bonchev–Trinajstić information content (AvgIpc) is 2.10. The molecule has 0 heterocycles. The van der Waals surface area contributed by atoms with Crippen molar-refractivity contribution in [2.24, 2.45) is 5.73 Å². The van der Waals surface area contributed by atoms with E-state index in [1.54, 1.807) is 6.07 Å². The lowest BCUT2D eigenvalue weighted by Crippen LogP contribution is -1.94. The van der Waals surface area contributed by atoms with Gasteiger partial charge in [0.05, 0.1) is 10.0 Å². The Kier molecular flexibility index (Phi) is 3.79. The van der Waals surface area contributed by atoms with Crippen molar-refractivity contribution >= 4 is 28.8 Å². The fourth-order valence-electron chi connectivity index (χ4n) is 1.10. The molecule has 70 valence electrons. The van der Waals surface area contributed by atoms with Crippen LogP contribution >= 0.6 is 23.2 Å². The minimum atomic E-state index is 0.509. The third kappa shape index (κ3) is 2.47. The van der Waals surface area contributed by atoms with Gasteiger partial charge < -0.3 is 5.73 Å². The first-order valence-electron chi connectivity index (χ1n) is 3.98. The Hall–Kier alpha value is -0.500. The second-order valence-corrected chi connectivity index (χ2v) is 3.51. The first kappa shape index (κ1) is 10.6. The van der Waals surface area contributed by atoms with Gasteiger partial charge in [0, 0.05) is 6.54 Å². The first-order chi connectivity index (χ1) is 6.16. The lowest BCUT2D eigenvalue weighted by atomic mass is 10.1. The molecule has 0 bridgehead atoms. The molecule has 0 radical (unpaired) electrons. The van der Waals surface area contributed by atoms with E-state index in [9.17, 15) is 0 Å². The number of nitrogens with two attached hydrogens (primary N) is 1. The third-order valence-electron chi connectivity index (χ3n) is 1.80. The van der Waals surface area contributed by atoms with Crippen molar-refractivity contribution in [3.63, 3.8) is 0 Å². The molecule has 0 saturated carbocycles. The molecule has 0 unspecified atom stereocenters. The molecule has 13 heavy (non-hydrogen) atoms. The number of halogens is 2. The third-order valence-corrected chi connectivity index (χ3v) is 2.62. The van der Waals surface area contributed by atoms with Crippen LogP contribution in [0.3, 0.4) is 0 Å². The maximum Gasteiger partial charge on any atom is 0.0667 e. The molecule has 0 fully saturated rings. The van der Waals surface area contributed by atoms with Crippen molar-refractivity contribution in [2.45, 2.75) is 6.92 Å². The molecule has 0 amide bonds. The highest BCUT2D eigenvalue weighted by Crippen LogP contribution is 2.29. The van der Waals surface area contributed by atoms with Crippen molar-refractivity contribution in [3.05, 3.63) is 39.9 Å². The lowest BCUT2D eigenvalue weighted by Gasteiger charge is -2.05. The predicted octanol–water partition coefficient (Wildman–Crippen LogP) is 3.36. The summed E-state index contributed by atoms with van der Waals surface area (Å²) in [6, 6.07) is 5.57. The van der Waals surface area contributed by atoms with Crippen LogP contribution in [0.2, 0.25) is 10.0 Å². The van der Waals surface area contributed by atoms with Crippen LogP contribution in [0.5, 0.6) is 0 Å². The summed E-state index contributed by atoms with van der Waals surface area (Å²) < 4.78 is 0. The van der Waals surface area contributed by atoms with Crippen LogP contribution in [0.4, 0.5) is 0 Å². The first-order valence-corrected chi connectivity index (χ1v) is 4.73.